The second-order valence-corrected chi connectivity index (χ2v) is 8.06. The van der Waals surface area contributed by atoms with Gasteiger partial charge in [-0.15, -0.1) is 0 Å². The standard InChI is InChI=1S/C15H12Cl3NO4S/c1-19(24(21,22)12-5-2-10(16)3-6-12)9-15(20)23-11-4-7-13(17)14(18)8-11/h2-8H,9H2,1H3. The molecule has 0 N–H and O–H groups in total. The lowest BCUT2D eigenvalue weighted by atomic mass is 10.3. The zero-order valence-corrected chi connectivity index (χ0v) is 15.5. The summed E-state index contributed by atoms with van der Waals surface area (Å²) in [6.45, 7) is -0.467. The van der Waals surface area contributed by atoms with Gasteiger partial charge in [0.1, 0.15) is 12.3 Å². The maximum absolute atomic E-state index is 12.4. The molecule has 0 fully saturated rings. The molecule has 0 aromatic heterocycles. The minimum atomic E-state index is -3.83. The number of carbonyl (C=O) groups excluding carboxylic acids is 1. The molecule has 0 radical (unpaired) electrons. The van der Waals surface area contributed by atoms with Crippen LogP contribution in [0.3, 0.4) is 0 Å². The third kappa shape index (κ3) is 4.62. The van der Waals surface area contributed by atoms with Crippen LogP contribution >= 0.6 is 34.8 Å². The molecular formula is C15H12Cl3NO4S. The number of hydrogen-bond acceptors (Lipinski definition) is 4. The molecule has 128 valence electrons. The number of hydrogen-bond donors (Lipinski definition) is 0. The van der Waals surface area contributed by atoms with Crippen molar-refractivity contribution in [3.05, 3.63) is 57.5 Å². The van der Waals surface area contributed by atoms with Crippen LogP contribution in [0.25, 0.3) is 0 Å². The lowest BCUT2D eigenvalue weighted by Crippen LogP contribution is -2.34. The van der Waals surface area contributed by atoms with E-state index in [0.29, 0.717) is 10.0 Å². The average molecular weight is 409 g/mol. The fourth-order valence-corrected chi connectivity index (χ4v) is 3.29. The van der Waals surface area contributed by atoms with Crippen LogP contribution in [0.4, 0.5) is 0 Å². The largest absolute Gasteiger partial charge is 0.425 e. The number of halogens is 3. The van der Waals surface area contributed by atoms with E-state index in [1.807, 2.05) is 0 Å². The molecule has 0 saturated carbocycles. The van der Waals surface area contributed by atoms with Gasteiger partial charge < -0.3 is 4.74 Å². The summed E-state index contributed by atoms with van der Waals surface area (Å²) in [6, 6.07) is 9.93. The van der Waals surface area contributed by atoms with E-state index in [4.69, 9.17) is 39.5 Å². The quantitative estimate of drug-likeness (QED) is 0.556. The Morgan fingerprint density at radius 2 is 1.67 bits per heavy atom. The van der Waals surface area contributed by atoms with Crippen LogP contribution in [0.1, 0.15) is 0 Å². The molecule has 0 aliphatic heterocycles. The summed E-state index contributed by atoms with van der Waals surface area (Å²) in [4.78, 5) is 12.0. The summed E-state index contributed by atoms with van der Waals surface area (Å²) in [6.07, 6.45) is 0. The fraction of sp³-hybridized carbons (Fsp3) is 0.133. The van der Waals surface area contributed by atoms with Gasteiger partial charge >= 0.3 is 5.97 Å². The lowest BCUT2D eigenvalue weighted by Gasteiger charge is -2.16. The number of esters is 1. The van der Waals surface area contributed by atoms with Crippen LogP contribution in [0.2, 0.25) is 15.1 Å². The van der Waals surface area contributed by atoms with Gasteiger partial charge in [0.05, 0.1) is 14.9 Å². The first-order valence-corrected chi connectivity index (χ1v) is 9.15. The number of nitrogens with zero attached hydrogens (tertiary/aromatic N) is 1. The highest BCUT2D eigenvalue weighted by Gasteiger charge is 2.23. The predicted octanol–water partition coefficient (Wildman–Crippen LogP) is 3.87. The monoisotopic (exact) mass is 407 g/mol. The van der Waals surface area contributed by atoms with Crippen LogP contribution in [0.15, 0.2) is 47.4 Å². The Hall–Kier alpha value is -1.31. The second kappa shape index (κ2) is 7.72. The molecular weight excluding hydrogens is 397 g/mol. The molecule has 0 amide bonds. The van der Waals surface area contributed by atoms with Crippen molar-refractivity contribution in [3.63, 3.8) is 0 Å². The van der Waals surface area contributed by atoms with Crippen LogP contribution in [-0.2, 0) is 14.8 Å². The summed E-state index contributed by atoms with van der Waals surface area (Å²) in [5.74, 6) is -0.583. The molecule has 2 aromatic rings. The van der Waals surface area contributed by atoms with Crippen LogP contribution in [0.5, 0.6) is 5.75 Å². The smallest absolute Gasteiger partial charge is 0.326 e. The maximum atomic E-state index is 12.4. The van der Waals surface area contributed by atoms with Gasteiger partial charge in [0, 0.05) is 18.1 Å². The molecule has 0 spiro atoms. The molecule has 0 aliphatic rings. The SMILES string of the molecule is CN(CC(=O)Oc1ccc(Cl)c(Cl)c1)S(=O)(=O)c1ccc(Cl)cc1. The minimum absolute atomic E-state index is 0.0248. The Morgan fingerprint density at radius 3 is 2.25 bits per heavy atom. The first-order valence-electron chi connectivity index (χ1n) is 6.58. The molecule has 0 unspecified atom stereocenters. The molecule has 9 heteroatoms. The summed E-state index contributed by atoms with van der Waals surface area (Å²) in [5, 5.41) is 0.957. The van der Waals surface area contributed by atoms with E-state index in [-0.39, 0.29) is 15.7 Å². The predicted molar refractivity (Wildman–Crippen MR) is 93.4 cm³/mol. The molecule has 5 nitrogen and oxygen atoms in total. The second-order valence-electron chi connectivity index (χ2n) is 4.76. The van der Waals surface area contributed by atoms with E-state index in [1.165, 1.54) is 49.5 Å². The van der Waals surface area contributed by atoms with Gasteiger partial charge in [0.15, 0.2) is 0 Å². The molecule has 2 rings (SSSR count). The van der Waals surface area contributed by atoms with Gasteiger partial charge in [-0.2, -0.15) is 4.31 Å². The van der Waals surface area contributed by atoms with Crippen molar-refractivity contribution >= 4 is 50.8 Å². The lowest BCUT2D eigenvalue weighted by molar-refractivity contribution is -0.134. The van der Waals surface area contributed by atoms with Gasteiger partial charge in [-0.05, 0) is 36.4 Å². The highest BCUT2D eigenvalue weighted by molar-refractivity contribution is 7.89. The van der Waals surface area contributed by atoms with E-state index in [2.05, 4.69) is 0 Å². The number of likely N-dealkylation sites (N-methyl/N-ethyl adjacent to an activating group) is 1. The normalized spacial score (nSPS) is 11.5. The van der Waals surface area contributed by atoms with Crippen molar-refractivity contribution in [2.75, 3.05) is 13.6 Å². The van der Waals surface area contributed by atoms with Crippen molar-refractivity contribution < 1.29 is 17.9 Å². The van der Waals surface area contributed by atoms with E-state index >= 15 is 0 Å². The highest BCUT2D eigenvalue weighted by Crippen LogP contribution is 2.26. The minimum Gasteiger partial charge on any atom is -0.425 e. The Balaban J connectivity index is 2.07. The van der Waals surface area contributed by atoms with Gasteiger partial charge in [0.25, 0.3) is 0 Å². The number of ether oxygens (including phenoxy) is 1. The van der Waals surface area contributed by atoms with E-state index in [9.17, 15) is 13.2 Å². The molecule has 0 saturated heterocycles. The maximum Gasteiger partial charge on any atom is 0.326 e. The number of sulfonamides is 1. The van der Waals surface area contributed by atoms with E-state index in [0.717, 1.165) is 4.31 Å². The van der Waals surface area contributed by atoms with Gasteiger partial charge in [0.2, 0.25) is 10.0 Å². The Morgan fingerprint density at radius 1 is 1.04 bits per heavy atom. The summed E-state index contributed by atoms with van der Waals surface area (Å²) in [7, 11) is -2.55. The van der Waals surface area contributed by atoms with Gasteiger partial charge in [-0.25, -0.2) is 8.42 Å². The number of benzene rings is 2. The van der Waals surface area contributed by atoms with E-state index in [1.54, 1.807) is 0 Å². The summed E-state index contributed by atoms with van der Waals surface area (Å²) >= 11 is 17.3. The zero-order valence-electron chi connectivity index (χ0n) is 12.4. The molecule has 0 heterocycles. The fourth-order valence-electron chi connectivity index (χ4n) is 1.76. The van der Waals surface area contributed by atoms with E-state index < -0.39 is 22.5 Å². The zero-order chi connectivity index (χ0) is 17.9. The van der Waals surface area contributed by atoms with Crippen LogP contribution in [0, 0.1) is 0 Å². The van der Waals surface area contributed by atoms with Crippen LogP contribution in [-0.4, -0.2) is 32.3 Å². The van der Waals surface area contributed by atoms with Crippen molar-refractivity contribution in [1.82, 2.24) is 4.31 Å². The molecule has 2 aromatic carbocycles. The van der Waals surface area contributed by atoms with Crippen LogP contribution < -0.4 is 4.74 Å². The first kappa shape index (κ1) is 19.0. The van der Waals surface area contributed by atoms with Gasteiger partial charge in [-0.3, -0.25) is 4.79 Å². The van der Waals surface area contributed by atoms with Crippen molar-refractivity contribution in [3.8, 4) is 5.75 Å². The average Bonchev–Trinajstić information content (AvgIpc) is 2.51. The first-order chi connectivity index (χ1) is 11.2. The third-order valence-electron chi connectivity index (χ3n) is 3.00. The molecule has 0 bridgehead atoms. The van der Waals surface area contributed by atoms with Crippen molar-refractivity contribution in [2.24, 2.45) is 0 Å². The van der Waals surface area contributed by atoms with Crippen molar-refractivity contribution in [2.45, 2.75) is 4.90 Å². The Labute approximate surface area is 154 Å². The van der Waals surface area contributed by atoms with Crippen molar-refractivity contribution in [1.29, 1.82) is 0 Å². The van der Waals surface area contributed by atoms with Gasteiger partial charge in [-0.1, -0.05) is 34.8 Å². The Bertz CT molecular complexity index is 854. The topological polar surface area (TPSA) is 63.7 Å². The third-order valence-corrected chi connectivity index (χ3v) is 5.80. The summed E-state index contributed by atoms with van der Waals surface area (Å²) in [5.41, 5.74) is 0. The highest BCUT2D eigenvalue weighted by atomic mass is 35.5. The Kier molecular flexibility index (Phi) is 6.11. The number of carbonyl (C=O) groups is 1. The number of rotatable bonds is 5. The summed E-state index contributed by atoms with van der Waals surface area (Å²) < 4.78 is 30.7. The molecule has 24 heavy (non-hydrogen) atoms. The molecule has 0 atom stereocenters. The molecule has 0 aliphatic carbocycles.